The number of hydrogen-bond acceptors (Lipinski definition) is 4. The monoisotopic (exact) mass is 249 g/mol. The summed E-state index contributed by atoms with van der Waals surface area (Å²) in [5.74, 6) is 0.685. The number of aromatic nitrogens is 2. The Bertz CT molecular complexity index is 519. The molecule has 5 heteroatoms. The van der Waals surface area contributed by atoms with Crippen LogP contribution < -0.4 is 5.32 Å². The molecule has 1 aromatic heterocycles. The minimum absolute atomic E-state index is 0.257. The maximum Gasteiger partial charge on any atom is 0.228 e. The summed E-state index contributed by atoms with van der Waals surface area (Å²) in [5.41, 5.74) is 1.47. The fraction of sp³-hybridized carbons (Fsp3) is 0.385. The third-order valence-electron chi connectivity index (χ3n) is 2.74. The molecule has 0 bridgehead atoms. The zero-order valence-corrected chi connectivity index (χ0v) is 10.7. The molecule has 2 aromatic rings. The Balaban J connectivity index is 2.23. The first kappa shape index (κ1) is 12.7. The van der Waals surface area contributed by atoms with E-state index >= 15 is 0 Å². The predicted octanol–water partition coefficient (Wildman–Crippen LogP) is 2.33. The van der Waals surface area contributed by atoms with Crippen LogP contribution in [0.1, 0.15) is 18.4 Å². The SMILES string of the molecule is CNC(C)Cc1nc(-c2cc(C)cc(F)c2)no1. The minimum Gasteiger partial charge on any atom is -0.339 e. The summed E-state index contributed by atoms with van der Waals surface area (Å²) in [6, 6.07) is 4.96. The van der Waals surface area contributed by atoms with E-state index in [1.54, 1.807) is 0 Å². The first-order chi connectivity index (χ1) is 8.58. The number of halogens is 1. The van der Waals surface area contributed by atoms with Crippen LogP contribution >= 0.6 is 0 Å². The van der Waals surface area contributed by atoms with Gasteiger partial charge in [0.15, 0.2) is 0 Å². The molecule has 2 rings (SSSR count). The molecule has 1 unspecified atom stereocenters. The van der Waals surface area contributed by atoms with Gasteiger partial charge in [0.25, 0.3) is 0 Å². The zero-order valence-electron chi connectivity index (χ0n) is 10.7. The van der Waals surface area contributed by atoms with Crippen molar-refractivity contribution in [2.45, 2.75) is 26.3 Å². The van der Waals surface area contributed by atoms with Crippen molar-refractivity contribution in [2.24, 2.45) is 0 Å². The van der Waals surface area contributed by atoms with Crippen molar-refractivity contribution in [3.63, 3.8) is 0 Å². The molecule has 0 fully saturated rings. The quantitative estimate of drug-likeness (QED) is 0.903. The lowest BCUT2D eigenvalue weighted by atomic mass is 10.1. The summed E-state index contributed by atoms with van der Waals surface area (Å²) in [6.45, 7) is 3.85. The van der Waals surface area contributed by atoms with Crippen LogP contribution in [0.2, 0.25) is 0 Å². The first-order valence-electron chi connectivity index (χ1n) is 5.86. The molecule has 1 heterocycles. The van der Waals surface area contributed by atoms with Crippen molar-refractivity contribution in [3.05, 3.63) is 35.5 Å². The van der Waals surface area contributed by atoms with Crippen molar-refractivity contribution < 1.29 is 8.91 Å². The van der Waals surface area contributed by atoms with Gasteiger partial charge in [-0.25, -0.2) is 4.39 Å². The Morgan fingerprint density at radius 2 is 2.17 bits per heavy atom. The Kier molecular flexibility index (Phi) is 3.72. The summed E-state index contributed by atoms with van der Waals surface area (Å²) in [7, 11) is 1.87. The largest absolute Gasteiger partial charge is 0.339 e. The van der Waals surface area contributed by atoms with Crippen molar-refractivity contribution in [2.75, 3.05) is 7.05 Å². The van der Waals surface area contributed by atoms with Crippen molar-refractivity contribution >= 4 is 0 Å². The molecule has 0 aliphatic rings. The molecule has 0 amide bonds. The molecule has 0 radical (unpaired) electrons. The molecule has 4 nitrogen and oxygen atoms in total. The highest BCUT2D eigenvalue weighted by atomic mass is 19.1. The van der Waals surface area contributed by atoms with Crippen LogP contribution in [0.15, 0.2) is 22.7 Å². The lowest BCUT2D eigenvalue weighted by Crippen LogP contribution is -2.23. The van der Waals surface area contributed by atoms with E-state index < -0.39 is 0 Å². The lowest BCUT2D eigenvalue weighted by Gasteiger charge is -2.04. The van der Waals surface area contributed by atoms with Gasteiger partial charge in [-0.2, -0.15) is 4.98 Å². The maximum absolute atomic E-state index is 13.3. The summed E-state index contributed by atoms with van der Waals surface area (Å²) in [6.07, 6.45) is 0.651. The van der Waals surface area contributed by atoms with Gasteiger partial charge < -0.3 is 9.84 Å². The van der Waals surface area contributed by atoms with Gasteiger partial charge >= 0.3 is 0 Å². The standard InChI is InChI=1S/C13H16FN3O/c1-8-4-10(7-11(14)5-8)13-16-12(18-17-13)6-9(2)15-3/h4-5,7,9,15H,6H2,1-3H3. The normalized spacial score (nSPS) is 12.7. The number of nitrogens with zero attached hydrogens (tertiary/aromatic N) is 2. The number of likely N-dealkylation sites (N-methyl/N-ethyl adjacent to an activating group) is 1. The van der Waals surface area contributed by atoms with Crippen molar-refractivity contribution in [1.29, 1.82) is 0 Å². The molecule has 1 N–H and O–H groups in total. The van der Waals surface area contributed by atoms with E-state index in [9.17, 15) is 4.39 Å². The van der Waals surface area contributed by atoms with Crippen LogP contribution in [0.4, 0.5) is 4.39 Å². The average molecular weight is 249 g/mol. The molecule has 0 saturated heterocycles. The van der Waals surface area contributed by atoms with Crippen LogP contribution in [0.3, 0.4) is 0 Å². The fourth-order valence-electron chi connectivity index (χ4n) is 1.68. The molecule has 0 saturated carbocycles. The van der Waals surface area contributed by atoms with Gasteiger partial charge in [0.05, 0.1) is 0 Å². The van der Waals surface area contributed by atoms with Gasteiger partial charge in [-0.3, -0.25) is 0 Å². The smallest absolute Gasteiger partial charge is 0.228 e. The second-order valence-corrected chi connectivity index (χ2v) is 4.42. The fourth-order valence-corrected chi connectivity index (χ4v) is 1.68. The van der Waals surface area contributed by atoms with Crippen LogP contribution in [0.5, 0.6) is 0 Å². The Hall–Kier alpha value is -1.75. The van der Waals surface area contributed by atoms with Gasteiger partial charge in [0.1, 0.15) is 5.82 Å². The first-order valence-corrected chi connectivity index (χ1v) is 5.86. The number of aryl methyl sites for hydroxylation is 1. The van der Waals surface area contributed by atoms with E-state index in [0.29, 0.717) is 23.7 Å². The van der Waals surface area contributed by atoms with E-state index in [0.717, 1.165) is 5.56 Å². The number of hydrogen-bond donors (Lipinski definition) is 1. The highest BCUT2D eigenvalue weighted by molar-refractivity contribution is 5.55. The summed E-state index contributed by atoms with van der Waals surface area (Å²) < 4.78 is 18.4. The molecule has 0 spiro atoms. The van der Waals surface area contributed by atoms with E-state index in [4.69, 9.17) is 4.52 Å². The van der Waals surface area contributed by atoms with Crippen LogP contribution in [0.25, 0.3) is 11.4 Å². The molecule has 18 heavy (non-hydrogen) atoms. The second-order valence-electron chi connectivity index (χ2n) is 4.42. The van der Waals surface area contributed by atoms with Crippen LogP contribution in [-0.2, 0) is 6.42 Å². The number of benzene rings is 1. The Labute approximate surface area is 105 Å². The van der Waals surface area contributed by atoms with Crippen LogP contribution in [0, 0.1) is 12.7 Å². The van der Waals surface area contributed by atoms with Crippen LogP contribution in [-0.4, -0.2) is 23.2 Å². The third-order valence-corrected chi connectivity index (χ3v) is 2.74. The number of nitrogens with one attached hydrogen (secondary N) is 1. The van der Waals surface area contributed by atoms with E-state index in [1.165, 1.54) is 12.1 Å². The molecule has 0 aliphatic heterocycles. The van der Waals surface area contributed by atoms with Gasteiger partial charge in [0, 0.05) is 18.0 Å². The Morgan fingerprint density at radius 1 is 1.39 bits per heavy atom. The summed E-state index contributed by atoms with van der Waals surface area (Å²) in [5, 5.41) is 6.97. The topological polar surface area (TPSA) is 51.0 Å². The molecule has 0 aliphatic carbocycles. The van der Waals surface area contributed by atoms with E-state index in [2.05, 4.69) is 15.5 Å². The summed E-state index contributed by atoms with van der Waals surface area (Å²) >= 11 is 0. The predicted molar refractivity (Wildman–Crippen MR) is 66.7 cm³/mol. The minimum atomic E-state index is -0.292. The number of rotatable bonds is 4. The second kappa shape index (κ2) is 5.27. The Morgan fingerprint density at radius 3 is 2.83 bits per heavy atom. The molecular weight excluding hydrogens is 233 g/mol. The van der Waals surface area contributed by atoms with Gasteiger partial charge in [-0.05, 0) is 44.7 Å². The highest BCUT2D eigenvalue weighted by Gasteiger charge is 2.12. The van der Waals surface area contributed by atoms with E-state index in [1.807, 2.05) is 27.0 Å². The van der Waals surface area contributed by atoms with Crippen molar-refractivity contribution in [1.82, 2.24) is 15.5 Å². The molecule has 1 aromatic carbocycles. The molecular formula is C13H16FN3O. The van der Waals surface area contributed by atoms with Crippen molar-refractivity contribution in [3.8, 4) is 11.4 Å². The average Bonchev–Trinajstić information content (AvgIpc) is 2.76. The molecule has 1 atom stereocenters. The van der Waals surface area contributed by atoms with E-state index in [-0.39, 0.29) is 11.9 Å². The molecule has 96 valence electrons. The van der Waals surface area contributed by atoms with Gasteiger partial charge in [0.2, 0.25) is 11.7 Å². The third kappa shape index (κ3) is 2.92. The highest BCUT2D eigenvalue weighted by Crippen LogP contribution is 2.19. The summed E-state index contributed by atoms with van der Waals surface area (Å²) in [4.78, 5) is 4.27. The lowest BCUT2D eigenvalue weighted by molar-refractivity contribution is 0.365. The zero-order chi connectivity index (χ0) is 13.1. The van der Waals surface area contributed by atoms with Gasteiger partial charge in [-0.1, -0.05) is 5.16 Å². The maximum atomic E-state index is 13.3. The van der Waals surface area contributed by atoms with Gasteiger partial charge in [-0.15, -0.1) is 0 Å².